The molecule has 0 heterocycles. The summed E-state index contributed by atoms with van der Waals surface area (Å²) in [5.41, 5.74) is 2.88. The molecule has 0 unspecified atom stereocenters. The first-order valence-corrected chi connectivity index (χ1v) is 10.9. The van der Waals surface area contributed by atoms with Gasteiger partial charge in [0, 0.05) is 5.56 Å². The van der Waals surface area contributed by atoms with Crippen LogP contribution in [0.2, 0.25) is 0 Å². The molecule has 152 valence electrons. The van der Waals surface area contributed by atoms with E-state index in [-0.39, 0.29) is 0 Å². The van der Waals surface area contributed by atoms with Crippen molar-refractivity contribution in [1.82, 2.24) is 0 Å². The smallest absolute Gasteiger partial charge is 0.127 e. The summed E-state index contributed by atoms with van der Waals surface area (Å²) in [5, 5.41) is 20.9. The zero-order valence-corrected chi connectivity index (χ0v) is 17.8. The third-order valence-corrected chi connectivity index (χ3v) is 6.51. The van der Waals surface area contributed by atoms with Crippen molar-refractivity contribution in [3.05, 3.63) is 120 Å². The monoisotopic (exact) mass is 410 g/mol. The molecule has 0 atom stereocenters. The van der Waals surface area contributed by atoms with E-state index < -0.39 is 0 Å². The van der Waals surface area contributed by atoms with Gasteiger partial charge in [-0.1, -0.05) is 97.1 Å². The molecule has 0 saturated heterocycles. The summed E-state index contributed by atoms with van der Waals surface area (Å²) in [4.78, 5) is 0. The molecule has 6 aromatic rings. The molecule has 0 aromatic heterocycles. The topological polar surface area (TPSA) is 20.2 Å². The van der Waals surface area contributed by atoms with Gasteiger partial charge in [-0.25, -0.2) is 0 Å². The molecule has 1 heteroatoms. The molecule has 1 nitrogen and oxygen atoms in total. The first kappa shape index (κ1) is 18.7. The highest BCUT2D eigenvalue weighted by Gasteiger charge is 2.17. The van der Waals surface area contributed by atoms with Gasteiger partial charge in [-0.15, -0.1) is 0 Å². The Labute approximate surface area is 186 Å². The highest BCUT2D eigenvalue weighted by molar-refractivity contribution is 6.16. The summed E-state index contributed by atoms with van der Waals surface area (Å²) in [7, 11) is 0. The number of benzene rings is 6. The Balaban J connectivity index is 1.77. The molecular weight excluding hydrogens is 388 g/mol. The number of rotatable bonds is 2. The molecule has 32 heavy (non-hydrogen) atoms. The predicted molar refractivity (Wildman–Crippen MR) is 138 cm³/mol. The van der Waals surface area contributed by atoms with Crippen LogP contribution < -0.4 is 0 Å². The second-order valence-electron chi connectivity index (χ2n) is 8.36. The van der Waals surface area contributed by atoms with Crippen LogP contribution in [0.25, 0.3) is 54.4 Å². The lowest BCUT2D eigenvalue weighted by Crippen LogP contribution is -1.95. The van der Waals surface area contributed by atoms with Crippen molar-refractivity contribution in [3.63, 3.8) is 0 Å². The summed E-state index contributed by atoms with van der Waals surface area (Å²) < 4.78 is 0. The Morgan fingerprint density at radius 2 is 0.781 bits per heavy atom. The van der Waals surface area contributed by atoms with Gasteiger partial charge < -0.3 is 5.11 Å². The molecule has 1 N–H and O–H groups in total. The van der Waals surface area contributed by atoms with E-state index in [2.05, 4.69) is 84.9 Å². The molecule has 0 saturated carbocycles. The van der Waals surface area contributed by atoms with Gasteiger partial charge >= 0.3 is 0 Å². The zero-order valence-electron chi connectivity index (χ0n) is 17.8. The molecule has 0 bridgehead atoms. The fourth-order valence-corrected chi connectivity index (χ4v) is 4.99. The van der Waals surface area contributed by atoms with Crippen LogP contribution in [0.1, 0.15) is 18.1 Å². The third kappa shape index (κ3) is 2.79. The Hall–Kier alpha value is -4.10. The number of allylic oxidation sites excluding steroid dienone is 1. The largest absolute Gasteiger partial charge is 0.507 e. The second-order valence-corrected chi connectivity index (χ2v) is 8.36. The lowest BCUT2D eigenvalue weighted by atomic mass is 9.89. The lowest BCUT2D eigenvalue weighted by Gasteiger charge is -2.17. The Kier molecular flexibility index (Phi) is 4.22. The van der Waals surface area contributed by atoms with E-state index in [1.807, 2.05) is 31.2 Å². The molecular formula is C31H22O. The van der Waals surface area contributed by atoms with Gasteiger partial charge in [0.05, 0.1) is 0 Å². The second kappa shape index (κ2) is 7.25. The zero-order chi connectivity index (χ0) is 21.7. The van der Waals surface area contributed by atoms with Gasteiger partial charge in [0.25, 0.3) is 0 Å². The minimum Gasteiger partial charge on any atom is -0.507 e. The average Bonchev–Trinajstić information content (AvgIpc) is 2.85. The minimum atomic E-state index is 0.333. The van der Waals surface area contributed by atoms with Crippen LogP contribution >= 0.6 is 0 Å². The minimum absolute atomic E-state index is 0.333. The SMILES string of the molecule is C/C(=C(/O)c1c2ccccc2cc2ccccc12)c1c2ccccc2cc2ccccc12. The first-order valence-electron chi connectivity index (χ1n) is 10.9. The number of aliphatic hydroxyl groups excluding tert-OH is 1. The van der Waals surface area contributed by atoms with E-state index in [0.717, 1.165) is 49.0 Å². The van der Waals surface area contributed by atoms with Crippen molar-refractivity contribution in [2.45, 2.75) is 6.92 Å². The van der Waals surface area contributed by atoms with Gasteiger partial charge in [-0.2, -0.15) is 0 Å². The van der Waals surface area contributed by atoms with Crippen molar-refractivity contribution < 1.29 is 5.11 Å². The maximum atomic E-state index is 11.8. The van der Waals surface area contributed by atoms with Crippen LogP contribution in [-0.4, -0.2) is 5.11 Å². The van der Waals surface area contributed by atoms with E-state index >= 15 is 0 Å². The molecule has 0 spiro atoms. The van der Waals surface area contributed by atoms with Crippen LogP contribution in [0.5, 0.6) is 0 Å². The Bertz CT molecular complexity index is 1450. The van der Waals surface area contributed by atoms with Crippen molar-refractivity contribution in [2.75, 3.05) is 0 Å². The summed E-state index contributed by atoms with van der Waals surface area (Å²) in [5.74, 6) is 0.333. The van der Waals surface area contributed by atoms with Crippen molar-refractivity contribution >= 4 is 54.4 Å². The van der Waals surface area contributed by atoms with E-state index in [1.165, 1.54) is 10.8 Å². The van der Waals surface area contributed by atoms with Gasteiger partial charge in [-0.05, 0) is 73.3 Å². The number of hydrogen-bond donors (Lipinski definition) is 1. The van der Waals surface area contributed by atoms with Gasteiger partial charge in [0.2, 0.25) is 0 Å². The predicted octanol–water partition coefficient (Wildman–Crippen LogP) is 8.75. The highest BCUT2D eigenvalue weighted by atomic mass is 16.3. The van der Waals surface area contributed by atoms with Crippen molar-refractivity contribution in [3.8, 4) is 0 Å². The third-order valence-electron chi connectivity index (χ3n) is 6.51. The summed E-state index contributed by atoms with van der Waals surface area (Å²) in [6.07, 6.45) is 0. The highest BCUT2D eigenvalue weighted by Crippen LogP contribution is 2.39. The van der Waals surface area contributed by atoms with Gasteiger partial charge in [0.1, 0.15) is 5.76 Å². The molecule has 0 fully saturated rings. The van der Waals surface area contributed by atoms with Crippen LogP contribution in [-0.2, 0) is 0 Å². The van der Waals surface area contributed by atoms with Crippen molar-refractivity contribution in [1.29, 1.82) is 0 Å². The lowest BCUT2D eigenvalue weighted by molar-refractivity contribution is 0.515. The summed E-state index contributed by atoms with van der Waals surface area (Å²) >= 11 is 0. The fraction of sp³-hybridized carbons (Fsp3) is 0.0323. The molecule has 6 aromatic carbocycles. The van der Waals surface area contributed by atoms with Crippen molar-refractivity contribution in [2.24, 2.45) is 0 Å². The van der Waals surface area contributed by atoms with Gasteiger partial charge in [-0.3, -0.25) is 0 Å². The molecule has 0 amide bonds. The quantitative estimate of drug-likeness (QED) is 0.172. The summed E-state index contributed by atoms with van der Waals surface area (Å²) in [6.45, 7) is 2.04. The van der Waals surface area contributed by atoms with E-state index in [4.69, 9.17) is 0 Å². The standard InChI is InChI=1S/C31H22O/c1-20(29-25-14-6-2-10-21(25)18-22-11-3-7-15-26(22)29)31(32)30-27-16-8-4-12-23(27)19-24-13-5-9-17-28(24)30/h2-19,32H,1H3/b31-20-. The first-order chi connectivity index (χ1) is 15.7. The molecule has 0 aliphatic heterocycles. The van der Waals surface area contributed by atoms with Gasteiger partial charge in [0.15, 0.2) is 0 Å². The van der Waals surface area contributed by atoms with E-state index in [1.54, 1.807) is 0 Å². The van der Waals surface area contributed by atoms with Crippen LogP contribution in [0.15, 0.2) is 109 Å². The maximum Gasteiger partial charge on any atom is 0.127 e. The van der Waals surface area contributed by atoms with E-state index in [0.29, 0.717) is 5.76 Å². The average molecular weight is 411 g/mol. The van der Waals surface area contributed by atoms with Crippen LogP contribution in [0.4, 0.5) is 0 Å². The molecule has 0 radical (unpaired) electrons. The molecule has 0 aliphatic rings. The van der Waals surface area contributed by atoms with E-state index in [9.17, 15) is 5.11 Å². The Morgan fingerprint density at radius 1 is 0.469 bits per heavy atom. The molecule has 0 aliphatic carbocycles. The number of aliphatic hydroxyl groups is 1. The van der Waals surface area contributed by atoms with Crippen LogP contribution in [0.3, 0.4) is 0 Å². The number of hydrogen-bond acceptors (Lipinski definition) is 1. The van der Waals surface area contributed by atoms with Crippen LogP contribution in [0, 0.1) is 0 Å². The Morgan fingerprint density at radius 3 is 1.16 bits per heavy atom. The maximum absolute atomic E-state index is 11.8. The number of fused-ring (bicyclic) bond motifs is 4. The summed E-state index contributed by atoms with van der Waals surface area (Å²) in [6, 6.07) is 37.9. The molecule has 6 rings (SSSR count). The normalized spacial score (nSPS) is 12.5. The fourth-order valence-electron chi connectivity index (χ4n) is 4.99.